The largest absolute Gasteiger partial charge is 0.318 e. The summed E-state index contributed by atoms with van der Waals surface area (Å²) in [5, 5.41) is 0. The lowest BCUT2D eigenvalue weighted by Crippen LogP contribution is -2.39. The van der Waals surface area contributed by atoms with E-state index in [4.69, 9.17) is 5.73 Å². The molecule has 94 valence electrons. The van der Waals surface area contributed by atoms with E-state index < -0.39 is 17.2 Å². The van der Waals surface area contributed by atoms with Gasteiger partial charge in [0, 0.05) is 5.56 Å². The Morgan fingerprint density at radius 2 is 1.50 bits per heavy atom. The van der Waals surface area contributed by atoms with Gasteiger partial charge in [0.1, 0.15) is 11.6 Å². The predicted octanol–water partition coefficient (Wildman–Crippen LogP) is 3.58. The highest BCUT2D eigenvalue weighted by molar-refractivity contribution is 5.39. The smallest absolute Gasteiger partial charge is 0.131 e. The van der Waals surface area contributed by atoms with Crippen molar-refractivity contribution in [3.8, 4) is 0 Å². The van der Waals surface area contributed by atoms with E-state index >= 15 is 0 Å². The van der Waals surface area contributed by atoms with Crippen molar-refractivity contribution in [2.45, 2.75) is 18.9 Å². The quantitative estimate of drug-likeness (QED) is 0.881. The molecule has 1 atom stereocenters. The standard InChI is InChI=1S/C15H15F2N/c1-2-15(18,11-7-4-3-5-8-11)14-12(16)9-6-10-13(14)17/h3-10H,2,18H2,1H3. The summed E-state index contributed by atoms with van der Waals surface area (Å²) >= 11 is 0. The van der Waals surface area contributed by atoms with Gasteiger partial charge in [-0.15, -0.1) is 0 Å². The lowest BCUT2D eigenvalue weighted by Gasteiger charge is -2.30. The molecule has 2 rings (SSSR count). The van der Waals surface area contributed by atoms with Crippen LogP contribution in [0.5, 0.6) is 0 Å². The Morgan fingerprint density at radius 3 is 2.00 bits per heavy atom. The second-order valence-corrected chi connectivity index (χ2v) is 4.29. The maximum atomic E-state index is 13.9. The zero-order valence-corrected chi connectivity index (χ0v) is 10.2. The molecule has 1 unspecified atom stereocenters. The van der Waals surface area contributed by atoms with Crippen LogP contribution in [-0.2, 0) is 5.54 Å². The van der Waals surface area contributed by atoms with Crippen LogP contribution in [-0.4, -0.2) is 0 Å². The highest BCUT2D eigenvalue weighted by Crippen LogP contribution is 2.33. The second-order valence-electron chi connectivity index (χ2n) is 4.29. The third-order valence-corrected chi connectivity index (χ3v) is 3.26. The zero-order chi connectivity index (χ0) is 13.2. The first-order chi connectivity index (χ1) is 8.59. The highest BCUT2D eigenvalue weighted by Gasteiger charge is 2.33. The van der Waals surface area contributed by atoms with Gasteiger partial charge in [-0.3, -0.25) is 0 Å². The van der Waals surface area contributed by atoms with Gasteiger partial charge >= 0.3 is 0 Å². The van der Waals surface area contributed by atoms with Crippen molar-refractivity contribution < 1.29 is 8.78 Å². The van der Waals surface area contributed by atoms with Gasteiger partial charge in [-0.25, -0.2) is 8.78 Å². The van der Waals surface area contributed by atoms with E-state index in [2.05, 4.69) is 0 Å². The summed E-state index contributed by atoms with van der Waals surface area (Å²) in [7, 11) is 0. The van der Waals surface area contributed by atoms with Crippen molar-refractivity contribution >= 4 is 0 Å². The van der Waals surface area contributed by atoms with Crippen molar-refractivity contribution in [2.75, 3.05) is 0 Å². The summed E-state index contributed by atoms with van der Waals surface area (Å²) < 4.78 is 27.8. The molecule has 0 saturated heterocycles. The van der Waals surface area contributed by atoms with Gasteiger partial charge in [0.05, 0.1) is 5.54 Å². The summed E-state index contributed by atoms with van der Waals surface area (Å²) in [4.78, 5) is 0. The van der Waals surface area contributed by atoms with E-state index in [9.17, 15) is 8.78 Å². The molecule has 18 heavy (non-hydrogen) atoms. The molecule has 0 amide bonds. The van der Waals surface area contributed by atoms with Crippen molar-refractivity contribution in [1.82, 2.24) is 0 Å². The second kappa shape index (κ2) is 4.86. The van der Waals surface area contributed by atoms with Crippen LogP contribution in [0.1, 0.15) is 24.5 Å². The van der Waals surface area contributed by atoms with Crippen LogP contribution in [0, 0.1) is 11.6 Å². The summed E-state index contributed by atoms with van der Waals surface area (Å²) in [6.45, 7) is 1.82. The highest BCUT2D eigenvalue weighted by atomic mass is 19.1. The SMILES string of the molecule is CCC(N)(c1ccccc1)c1c(F)cccc1F. The fourth-order valence-corrected chi connectivity index (χ4v) is 2.18. The number of nitrogens with two attached hydrogens (primary N) is 1. The van der Waals surface area contributed by atoms with Crippen LogP contribution in [0.2, 0.25) is 0 Å². The summed E-state index contributed by atoms with van der Waals surface area (Å²) in [5.41, 5.74) is 5.75. The van der Waals surface area contributed by atoms with Crippen molar-refractivity contribution in [3.05, 3.63) is 71.3 Å². The lowest BCUT2D eigenvalue weighted by molar-refractivity contribution is 0.443. The first-order valence-electron chi connectivity index (χ1n) is 5.88. The third kappa shape index (κ3) is 2.02. The van der Waals surface area contributed by atoms with Gasteiger partial charge in [0.15, 0.2) is 0 Å². The Balaban J connectivity index is 2.65. The monoisotopic (exact) mass is 247 g/mol. The molecule has 0 aliphatic carbocycles. The Labute approximate surface area is 105 Å². The maximum absolute atomic E-state index is 13.9. The minimum Gasteiger partial charge on any atom is -0.318 e. The van der Waals surface area contributed by atoms with Crippen molar-refractivity contribution in [3.63, 3.8) is 0 Å². The van der Waals surface area contributed by atoms with Gasteiger partial charge in [0.25, 0.3) is 0 Å². The van der Waals surface area contributed by atoms with Gasteiger partial charge < -0.3 is 5.73 Å². The molecule has 0 aromatic heterocycles. The average molecular weight is 247 g/mol. The van der Waals surface area contributed by atoms with E-state index in [1.54, 1.807) is 12.1 Å². The molecule has 0 aliphatic rings. The Hall–Kier alpha value is -1.74. The first-order valence-corrected chi connectivity index (χ1v) is 5.88. The Kier molecular flexibility index (Phi) is 3.43. The fraction of sp³-hybridized carbons (Fsp3) is 0.200. The minimum absolute atomic E-state index is 0.0706. The van der Waals surface area contributed by atoms with E-state index in [1.165, 1.54) is 18.2 Å². The molecule has 0 spiro atoms. The Morgan fingerprint density at radius 1 is 0.944 bits per heavy atom. The average Bonchev–Trinajstić information content (AvgIpc) is 2.39. The van der Waals surface area contributed by atoms with Gasteiger partial charge in [0.2, 0.25) is 0 Å². The number of rotatable bonds is 3. The van der Waals surface area contributed by atoms with Crippen LogP contribution in [0.25, 0.3) is 0 Å². The molecule has 1 nitrogen and oxygen atoms in total. The fourth-order valence-electron chi connectivity index (χ4n) is 2.18. The van der Waals surface area contributed by atoms with E-state index in [1.807, 2.05) is 25.1 Å². The molecule has 2 aromatic rings. The summed E-state index contributed by atoms with van der Waals surface area (Å²) in [5.74, 6) is -1.22. The first kappa shape index (κ1) is 12.7. The minimum atomic E-state index is -1.14. The molecule has 0 fully saturated rings. The maximum Gasteiger partial charge on any atom is 0.131 e. The zero-order valence-electron chi connectivity index (χ0n) is 10.2. The molecule has 0 bridgehead atoms. The number of halogens is 2. The molecular formula is C15H15F2N. The molecule has 2 N–H and O–H groups in total. The van der Waals surface area contributed by atoms with Crippen LogP contribution >= 0.6 is 0 Å². The predicted molar refractivity (Wildman–Crippen MR) is 68.1 cm³/mol. The van der Waals surface area contributed by atoms with E-state index in [0.29, 0.717) is 12.0 Å². The Bertz CT molecular complexity index is 519. The molecule has 0 heterocycles. The summed E-state index contributed by atoms with van der Waals surface area (Å²) in [6.07, 6.45) is 0.412. The topological polar surface area (TPSA) is 26.0 Å². The van der Waals surface area contributed by atoms with Crippen molar-refractivity contribution in [1.29, 1.82) is 0 Å². The van der Waals surface area contributed by atoms with Crippen molar-refractivity contribution in [2.24, 2.45) is 5.73 Å². The van der Waals surface area contributed by atoms with Crippen LogP contribution in [0.15, 0.2) is 48.5 Å². The van der Waals surface area contributed by atoms with Gasteiger partial charge in [-0.2, -0.15) is 0 Å². The lowest BCUT2D eigenvalue weighted by atomic mass is 9.81. The summed E-state index contributed by atoms with van der Waals surface area (Å²) in [6, 6.07) is 12.9. The molecule has 3 heteroatoms. The van der Waals surface area contributed by atoms with Crippen LogP contribution < -0.4 is 5.73 Å². The molecule has 0 aliphatic heterocycles. The molecule has 0 saturated carbocycles. The van der Waals surface area contributed by atoms with Gasteiger partial charge in [-0.1, -0.05) is 43.3 Å². The van der Waals surface area contributed by atoms with E-state index in [-0.39, 0.29) is 5.56 Å². The van der Waals surface area contributed by atoms with Gasteiger partial charge in [-0.05, 0) is 24.1 Å². The molecule has 2 aromatic carbocycles. The number of hydrogen-bond acceptors (Lipinski definition) is 1. The normalized spacial score (nSPS) is 14.2. The van der Waals surface area contributed by atoms with E-state index in [0.717, 1.165) is 0 Å². The molecule has 0 radical (unpaired) electrons. The molecular weight excluding hydrogens is 232 g/mol. The third-order valence-electron chi connectivity index (χ3n) is 3.26. The number of benzene rings is 2. The number of hydrogen-bond donors (Lipinski definition) is 1. The van der Waals surface area contributed by atoms with Crippen LogP contribution in [0.3, 0.4) is 0 Å². The van der Waals surface area contributed by atoms with Crippen LogP contribution in [0.4, 0.5) is 8.78 Å².